The molecule has 7 rings (SSSR count). The Hall–Kier alpha value is -5.21. The van der Waals surface area contributed by atoms with E-state index in [-0.39, 0.29) is 28.1 Å². The van der Waals surface area contributed by atoms with E-state index in [9.17, 15) is 23.3 Å². The molecule has 14 heteroatoms. The first-order valence-electron chi connectivity index (χ1n) is 21.4. The minimum Gasteiger partial charge on any atom is -0.455 e. The van der Waals surface area contributed by atoms with Crippen molar-refractivity contribution in [2.75, 3.05) is 49.5 Å². The molecule has 0 radical (unpaired) electrons. The Kier molecular flexibility index (Phi) is 13.0. The van der Waals surface area contributed by atoms with Crippen LogP contribution in [0.2, 0.25) is 0 Å². The van der Waals surface area contributed by atoms with Crippen molar-refractivity contribution in [2.45, 2.75) is 90.4 Å². The number of aromatic nitrogens is 2. The zero-order chi connectivity index (χ0) is 42.6. The van der Waals surface area contributed by atoms with Gasteiger partial charge >= 0.3 is 0 Å². The fourth-order valence-corrected chi connectivity index (χ4v) is 9.84. The lowest BCUT2D eigenvalue weighted by molar-refractivity contribution is -0.384. The van der Waals surface area contributed by atoms with Crippen LogP contribution in [0.3, 0.4) is 0 Å². The van der Waals surface area contributed by atoms with Crippen molar-refractivity contribution in [3.8, 4) is 11.5 Å². The number of benzene rings is 2. The van der Waals surface area contributed by atoms with Crippen molar-refractivity contribution in [3.63, 3.8) is 0 Å². The molecular formula is C46H59N7O6S. The SMILES string of the molecule is C=C(CCC)C1=C(CN2CCN(c3ccc(C(=O)NS(=O)(=O)c4ccc(NC[C@H]5CC[C@@H](C)CC5)c([N+](=O)[O-])c4)c(Oc4cnc5[nH]ccc5c4)c3)CC2)CCC(C)(C)C1. The lowest BCUT2D eigenvalue weighted by Crippen LogP contribution is -2.47. The summed E-state index contributed by atoms with van der Waals surface area (Å²) in [7, 11) is -4.53. The first-order valence-corrected chi connectivity index (χ1v) is 22.9. The second-order valence-electron chi connectivity index (χ2n) is 17.8. The molecule has 3 aliphatic rings. The van der Waals surface area contributed by atoms with Gasteiger partial charge in [-0.15, -0.1) is 0 Å². The minimum absolute atomic E-state index is 0.0169. The summed E-state index contributed by atoms with van der Waals surface area (Å²) in [6.45, 7) is 18.3. The molecule has 2 aromatic carbocycles. The van der Waals surface area contributed by atoms with Crippen molar-refractivity contribution in [2.24, 2.45) is 17.3 Å². The molecule has 0 unspecified atom stereocenters. The Morgan fingerprint density at radius 1 is 1.07 bits per heavy atom. The van der Waals surface area contributed by atoms with Crippen LogP contribution in [-0.2, 0) is 10.0 Å². The van der Waals surface area contributed by atoms with Crippen LogP contribution in [0.25, 0.3) is 11.0 Å². The number of pyridine rings is 1. The summed E-state index contributed by atoms with van der Waals surface area (Å²) < 4.78 is 35.8. The Balaban J connectivity index is 1.09. The van der Waals surface area contributed by atoms with Gasteiger partial charge in [0.05, 0.1) is 21.6 Å². The van der Waals surface area contributed by atoms with Gasteiger partial charge in [-0.05, 0) is 97.7 Å². The lowest BCUT2D eigenvalue weighted by atomic mass is 9.72. The van der Waals surface area contributed by atoms with Crippen molar-refractivity contribution in [3.05, 3.63) is 99.9 Å². The van der Waals surface area contributed by atoms with Gasteiger partial charge in [0.2, 0.25) is 0 Å². The predicted octanol–water partition coefficient (Wildman–Crippen LogP) is 9.61. The molecule has 1 saturated carbocycles. The summed E-state index contributed by atoms with van der Waals surface area (Å²) in [5, 5.41) is 16.1. The van der Waals surface area contributed by atoms with Gasteiger partial charge in [-0.25, -0.2) is 18.1 Å². The second kappa shape index (κ2) is 18.2. The first-order chi connectivity index (χ1) is 28.7. The molecule has 1 saturated heterocycles. The summed E-state index contributed by atoms with van der Waals surface area (Å²) in [5.74, 6) is 0.649. The summed E-state index contributed by atoms with van der Waals surface area (Å²) >= 11 is 0. The number of nitrogens with zero attached hydrogens (tertiary/aromatic N) is 4. The van der Waals surface area contributed by atoms with E-state index in [1.807, 2.05) is 6.07 Å². The van der Waals surface area contributed by atoms with Crippen LogP contribution in [0, 0.1) is 27.4 Å². The highest BCUT2D eigenvalue weighted by atomic mass is 32.2. The summed E-state index contributed by atoms with van der Waals surface area (Å²) in [5.41, 5.74) is 5.88. The highest BCUT2D eigenvalue weighted by Crippen LogP contribution is 2.42. The smallest absolute Gasteiger partial charge is 0.293 e. The van der Waals surface area contributed by atoms with Gasteiger partial charge in [0, 0.05) is 68.7 Å². The molecule has 1 aliphatic heterocycles. The average molecular weight is 838 g/mol. The molecule has 3 N–H and O–H groups in total. The number of ether oxygens (including phenoxy) is 1. The van der Waals surface area contributed by atoms with Crippen molar-refractivity contribution in [1.82, 2.24) is 19.6 Å². The van der Waals surface area contributed by atoms with Gasteiger partial charge in [-0.1, -0.05) is 64.7 Å². The number of aromatic amines is 1. The molecule has 0 bridgehead atoms. The molecule has 2 fully saturated rings. The van der Waals surface area contributed by atoms with Gasteiger partial charge in [0.15, 0.2) is 0 Å². The van der Waals surface area contributed by atoms with Crippen molar-refractivity contribution in [1.29, 1.82) is 0 Å². The second-order valence-corrected chi connectivity index (χ2v) is 19.5. The number of fused-ring (bicyclic) bond motifs is 1. The number of piperazine rings is 1. The quantitative estimate of drug-likeness (QED) is 0.0776. The number of allylic oxidation sites excluding steroid dienone is 2. The van der Waals surface area contributed by atoms with Gasteiger partial charge in [-0.2, -0.15) is 0 Å². The summed E-state index contributed by atoms with van der Waals surface area (Å²) in [4.78, 5) is 37.3. The van der Waals surface area contributed by atoms with E-state index in [1.54, 1.807) is 30.5 Å². The molecule has 4 aromatic rings. The molecule has 0 spiro atoms. The van der Waals surface area contributed by atoms with Crippen LogP contribution in [0.15, 0.2) is 89.1 Å². The minimum atomic E-state index is -4.53. The number of carbonyl (C=O) groups is 1. The topological polar surface area (TPSA) is 163 Å². The molecule has 13 nitrogen and oxygen atoms in total. The van der Waals surface area contributed by atoms with E-state index in [2.05, 4.69) is 64.1 Å². The van der Waals surface area contributed by atoms with Crippen LogP contribution < -0.4 is 19.7 Å². The van der Waals surface area contributed by atoms with Crippen LogP contribution in [0.5, 0.6) is 11.5 Å². The fourth-order valence-electron chi connectivity index (χ4n) is 8.85. The van der Waals surface area contributed by atoms with Crippen LogP contribution in [0.1, 0.15) is 95.8 Å². The third kappa shape index (κ3) is 10.2. The molecule has 320 valence electrons. The number of nitro groups is 1. The van der Waals surface area contributed by atoms with Crippen molar-refractivity contribution >= 4 is 44.0 Å². The number of amides is 1. The number of hydrogen-bond acceptors (Lipinski definition) is 10. The molecule has 60 heavy (non-hydrogen) atoms. The van der Waals surface area contributed by atoms with E-state index in [0.29, 0.717) is 29.8 Å². The zero-order valence-corrected chi connectivity index (χ0v) is 36.2. The monoisotopic (exact) mass is 837 g/mol. The first kappa shape index (κ1) is 42.9. The van der Waals surface area contributed by atoms with E-state index in [4.69, 9.17) is 4.74 Å². The predicted molar refractivity (Wildman–Crippen MR) is 237 cm³/mol. The number of carbonyl (C=O) groups excluding carboxylic acids is 1. The molecule has 0 atom stereocenters. The normalized spacial score (nSPS) is 19.9. The van der Waals surface area contributed by atoms with Gasteiger partial charge < -0.3 is 19.9 Å². The lowest BCUT2D eigenvalue weighted by Gasteiger charge is -2.39. The Bertz CT molecular complexity index is 2370. The Morgan fingerprint density at radius 3 is 2.57 bits per heavy atom. The van der Waals surface area contributed by atoms with E-state index >= 15 is 0 Å². The molecule has 1 amide bonds. The largest absolute Gasteiger partial charge is 0.455 e. The molecule has 3 heterocycles. The summed E-state index contributed by atoms with van der Waals surface area (Å²) in [6, 6.07) is 12.4. The molecule has 2 aromatic heterocycles. The maximum atomic E-state index is 13.9. The number of rotatable bonds is 15. The van der Waals surface area contributed by atoms with Crippen molar-refractivity contribution < 1.29 is 22.9 Å². The number of anilines is 2. The number of H-pyrrole nitrogens is 1. The van der Waals surface area contributed by atoms with E-state index in [0.717, 1.165) is 101 Å². The molecular weight excluding hydrogens is 779 g/mol. The Labute approximate surface area is 353 Å². The maximum absolute atomic E-state index is 13.9. The standard InChI is InChI=1S/C46H59N7O6S/c1-6-7-32(3)40-27-46(4,5)18-16-35(40)30-51-20-22-52(23-21-51)36-12-14-39(43(25-36)59-37-24-34-17-19-47-44(34)49-29-37)45(54)50-60(57,58)38-13-15-41(42(26-38)53(55)56)48-28-33-10-8-31(2)9-11-33/h12-15,17,19,24-26,29,31,33,48H,3,6-11,16,18,20-23,27-28,30H2,1-2,4-5H3,(H,47,49)(H,50,54)/t31-,33+. The number of nitrogens with one attached hydrogen (secondary N) is 3. The van der Waals surface area contributed by atoms with Gasteiger partial charge in [0.25, 0.3) is 21.6 Å². The van der Waals surface area contributed by atoms with Crippen LogP contribution in [-0.4, -0.2) is 73.4 Å². The van der Waals surface area contributed by atoms with Gasteiger partial charge in [0.1, 0.15) is 22.8 Å². The average Bonchev–Trinajstić information content (AvgIpc) is 3.69. The third-order valence-corrected chi connectivity index (χ3v) is 13.9. The van der Waals surface area contributed by atoms with Crippen LogP contribution in [0.4, 0.5) is 17.1 Å². The number of hydrogen-bond donors (Lipinski definition) is 3. The molecule has 2 aliphatic carbocycles. The summed E-state index contributed by atoms with van der Waals surface area (Å²) in [6.07, 6.45) is 13.1. The van der Waals surface area contributed by atoms with Crippen LogP contribution >= 0.6 is 0 Å². The Morgan fingerprint density at radius 2 is 1.83 bits per heavy atom. The third-order valence-electron chi connectivity index (χ3n) is 12.5. The number of nitro benzene ring substituents is 1. The van der Waals surface area contributed by atoms with Gasteiger partial charge in [-0.3, -0.25) is 19.8 Å². The van der Waals surface area contributed by atoms with E-state index in [1.165, 1.54) is 41.5 Å². The number of sulfonamides is 1. The highest BCUT2D eigenvalue weighted by Gasteiger charge is 2.31. The maximum Gasteiger partial charge on any atom is 0.293 e. The van der Waals surface area contributed by atoms with E-state index < -0.39 is 25.7 Å². The highest BCUT2D eigenvalue weighted by molar-refractivity contribution is 7.90. The fraction of sp³-hybridized carbons (Fsp3) is 0.478. The zero-order valence-electron chi connectivity index (χ0n) is 35.4.